The number of benzene rings is 1. The van der Waals surface area contributed by atoms with E-state index in [4.69, 9.17) is 11.6 Å². The van der Waals surface area contributed by atoms with E-state index < -0.39 is 0 Å². The number of nitrogens with one attached hydrogen (secondary N) is 1. The summed E-state index contributed by atoms with van der Waals surface area (Å²) in [4.78, 5) is 12.6. The predicted octanol–water partition coefficient (Wildman–Crippen LogP) is 3.31. The van der Waals surface area contributed by atoms with Crippen LogP contribution in [0.25, 0.3) is 0 Å². The number of anilines is 1. The highest BCUT2D eigenvalue weighted by Crippen LogP contribution is 2.24. The highest BCUT2D eigenvalue weighted by atomic mass is 35.5. The van der Waals surface area contributed by atoms with Gasteiger partial charge >= 0.3 is 0 Å². The molecule has 0 saturated carbocycles. The van der Waals surface area contributed by atoms with Gasteiger partial charge in [-0.3, -0.25) is 4.79 Å². The summed E-state index contributed by atoms with van der Waals surface area (Å²) in [6, 6.07) is 5.41. The van der Waals surface area contributed by atoms with Crippen molar-refractivity contribution < 1.29 is 4.79 Å². The highest BCUT2D eigenvalue weighted by molar-refractivity contribution is 7.08. The van der Waals surface area contributed by atoms with E-state index in [1.54, 1.807) is 12.1 Å². The summed E-state index contributed by atoms with van der Waals surface area (Å²) in [6.07, 6.45) is 0.688. The molecule has 0 aliphatic carbocycles. The number of nitrogens with zero attached hydrogens (tertiary/aromatic N) is 2. The van der Waals surface area contributed by atoms with Crippen LogP contribution in [0.15, 0.2) is 18.2 Å². The van der Waals surface area contributed by atoms with Crippen LogP contribution in [0.2, 0.25) is 5.02 Å². The first-order chi connectivity index (χ1) is 8.63. The number of carbonyl (C=O) groups is 1. The Morgan fingerprint density at radius 1 is 1.50 bits per heavy atom. The minimum atomic E-state index is -0.188. The van der Waals surface area contributed by atoms with Crippen molar-refractivity contribution in [2.24, 2.45) is 0 Å². The van der Waals surface area contributed by atoms with Gasteiger partial charge in [0.25, 0.3) is 5.91 Å². The molecule has 1 N–H and O–H groups in total. The van der Waals surface area contributed by atoms with E-state index in [1.807, 2.05) is 19.9 Å². The van der Waals surface area contributed by atoms with E-state index in [2.05, 4.69) is 14.9 Å². The Kier molecular flexibility index (Phi) is 3.93. The minimum absolute atomic E-state index is 0.188. The Morgan fingerprint density at radius 3 is 3.00 bits per heavy atom. The lowest BCUT2D eigenvalue weighted by atomic mass is 10.2. The van der Waals surface area contributed by atoms with Gasteiger partial charge in [0.05, 0.1) is 5.69 Å². The molecule has 0 radical (unpaired) electrons. The van der Waals surface area contributed by atoms with Crippen LogP contribution in [0.4, 0.5) is 5.69 Å². The smallest absolute Gasteiger partial charge is 0.269 e. The van der Waals surface area contributed by atoms with Gasteiger partial charge in [0.15, 0.2) is 0 Å². The molecule has 0 aliphatic rings. The van der Waals surface area contributed by atoms with Crippen LogP contribution in [-0.2, 0) is 6.42 Å². The van der Waals surface area contributed by atoms with Crippen LogP contribution in [0.1, 0.15) is 27.9 Å². The van der Waals surface area contributed by atoms with Crippen molar-refractivity contribution in [2.45, 2.75) is 20.3 Å². The summed E-state index contributed by atoms with van der Waals surface area (Å²) in [5.74, 6) is -0.188. The third-order valence-electron chi connectivity index (χ3n) is 2.61. The summed E-state index contributed by atoms with van der Waals surface area (Å²) < 4.78 is 3.80. The van der Waals surface area contributed by atoms with E-state index in [9.17, 15) is 4.79 Å². The molecule has 18 heavy (non-hydrogen) atoms. The van der Waals surface area contributed by atoms with Crippen molar-refractivity contribution in [3.63, 3.8) is 0 Å². The Morgan fingerprint density at radius 2 is 2.28 bits per heavy atom. The van der Waals surface area contributed by atoms with Crippen molar-refractivity contribution in [1.82, 2.24) is 9.59 Å². The van der Waals surface area contributed by atoms with Gasteiger partial charge in [0.2, 0.25) is 0 Å². The fourth-order valence-corrected chi connectivity index (χ4v) is 2.35. The highest BCUT2D eigenvalue weighted by Gasteiger charge is 2.16. The van der Waals surface area contributed by atoms with Crippen LogP contribution < -0.4 is 5.32 Å². The predicted molar refractivity (Wildman–Crippen MR) is 73.4 cm³/mol. The third kappa shape index (κ3) is 2.52. The van der Waals surface area contributed by atoms with Crippen LogP contribution in [0, 0.1) is 6.92 Å². The van der Waals surface area contributed by atoms with Crippen LogP contribution in [-0.4, -0.2) is 15.5 Å². The molecule has 0 fully saturated rings. The summed E-state index contributed by atoms with van der Waals surface area (Å²) >= 11 is 7.11. The fraction of sp³-hybridized carbons (Fsp3) is 0.250. The molecule has 0 unspecified atom stereocenters. The maximum absolute atomic E-state index is 12.1. The van der Waals surface area contributed by atoms with Crippen molar-refractivity contribution in [2.75, 3.05) is 5.32 Å². The van der Waals surface area contributed by atoms with Gasteiger partial charge in [-0.15, -0.1) is 5.10 Å². The molecule has 4 nitrogen and oxygen atoms in total. The second-order valence-corrected chi connectivity index (χ2v) is 4.93. The SMILES string of the molecule is CCc1nnsc1C(=O)Nc1cccc(Cl)c1C. The first-order valence-corrected chi connectivity index (χ1v) is 6.66. The molecule has 0 atom stereocenters. The third-order valence-corrected chi connectivity index (χ3v) is 3.79. The zero-order chi connectivity index (χ0) is 13.1. The van der Waals surface area contributed by atoms with Crippen molar-refractivity contribution >= 4 is 34.7 Å². The standard InChI is InChI=1S/C12H12ClN3OS/c1-3-9-11(18-16-15-9)12(17)14-10-6-4-5-8(13)7(10)2/h4-6H,3H2,1-2H3,(H,14,17). The number of carbonyl (C=O) groups excluding carboxylic acids is 1. The number of aromatic nitrogens is 2. The molecule has 1 amide bonds. The molecule has 1 heterocycles. The van der Waals surface area contributed by atoms with E-state index in [0.29, 0.717) is 22.0 Å². The van der Waals surface area contributed by atoms with Crippen molar-refractivity contribution in [3.8, 4) is 0 Å². The number of halogens is 1. The Labute approximate surface area is 114 Å². The number of aryl methyl sites for hydroxylation is 1. The van der Waals surface area contributed by atoms with Gasteiger partial charge in [0.1, 0.15) is 4.88 Å². The van der Waals surface area contributed by atoms with Crippen LogP contribution >= 0.6 is 23.1 Å². The monoisotopic (exact) mass is 281 g/mol. The number of hydrogen-bond donors (Lipinski definition) is 1. The van der Waals surface area contributed by atoms with E-state index >= 15 is 0 Å². The first-order valence-electron chi connectivity index (χ1n) is 5.51. The van der Waals surface area contributed by atoms with Gasteiger partial charge < -0.3 is 5.32 Å². The molecule has 2 rings (SSSR count). The summed E-state index contributed by atoms with van der Waals surface area (Å²) in [5.41, 5.74) is 2.28. The number of hydrogen-bond acceptors (Lipinski definition) is 4. The van der Waals surface area contributed by atoms with E-state index in [-0.39, 0.29) is 5.91 Å². The second kappa shape index (κ2) is 5.46. The summed E-state index contributed by atoms with van der Waals surface area (Å²) in [7, 11) is 0. The normalized spacial score (nSPS) is 10.4. The molecular formula is C12H12ClN3OS. The molecule has 1 aromatic carbocycles. The van der Waals surface area contributed by atoms with Crippen molar-refractivity contribution in [1.29, 1.82) is 0 Å². The number of rotatable bonds is 3. The Hall–Kier alpha value is -1.46. The minimum Gasteiger partial charge on any atom is -0.321 e. The van der Waals surface area contributed by atoms with Gasteiger partial charge in [0, 0.05) is 10.7 Å². The molecular weight excluding hydrogens is 270 g/mol. The van der Waals surface area contributed by atoms with Crippen LogP contribution in [0.3, 0.4) is 0 Å². The molecule has 94 valence electrons. The second-order valence-electron chi connectivity index (χ2n) is 3.77. The van der Waals surface area contributed by atoms with Gasteiger partial charge in [-0.2, -0.15) is 0 Å². The number of amides is 1. The molecule has 0 spiro atoms. The maximum Gasteiger partial charge on any atom is 0.269 e. The first kappa shape index (κ1) is 13.0. The molecule has 0 bridgehead atoms. The molecule has 0 aliphatic heterocycles. The molecule has 2 aromatic rings. The Balaban J connectivity index is 2.24. The molecule has 0 saturated heterocycles. The Bertz CT molecular complexity index is 582. The lowest BCUT2D eigenvalue weighted by Gasteiger charge is -2.08. The average Bonchev–Trinajstić information content (AvgIpc) is 2.83. The summed E-state index contributed by atoms with van der Waals surface area (Å²) in [6.45, 7) is 3.81. The molecule has 6 heteroatoms. The van der Waals surface area contributed by atoms with E-state index in [1.165, 1.54) is 0 Å². The fourth-order valence-electron chi connectivity index (χ4n) is 1.53. The largest absolute Gasteiger partial charge is 0.321 e. The topological polar surface area (TPSA) is 54.9 Å². The molecule has 1 aromatic heterocycles. The zero-order valence-corrected chi connectivity index (χ0v) is 11.6. The van der Waals surface area contributed by atoms with E-state index in [0.717, 1.165) is 22.8 Å². The van der Waals surface area contributed by atoms with Gasteiger partial charge in [-0.1, -0.05) is 29.1 Å². The zero-order valence-electron chi connectivity index (χ0n) is 10.0. The lowest BCUT2D eigenvalue weighted by molar-refractivity contribution is 0.102. The quantitative estimate of drug-likeness (QED) is 0.939. The van der Waals surface area contributed by atoms with Gasteiger partial charge in [-0.05, 0) is 42.6 Å². The lowest BCUT2D eigenvalue weighted by Crippen LogP contribution is -2.13. The van der Waals surface area contributed by atoms with Crippen LogP contribution in [0.5, 0.6) is 0 Å². The average molecular weight is 282 g/mol. The summed E-state index contributed by atoms with van der Waals surface area (Å²) in [5, 5.41) is 7.38. The van der Waals surface area contributed by atoms with Crippen molar-refractivity contribution in [3.05, 3.63) is 39.4 Å². The maximum atomic E-state index is 12.1. The van der Waals surface area contributed by atoms with Gasteiger partial charge in [-0.25, -0.2) is 0 Å².